The molecule has 0 radical (unpaired) electrons. The smallest absolute Gasteiger partial charge is 0.462 e. The van der Waals surface area contributed by atoms with Crippen LogP contribution in [0, 0.1) is 0 Å². The van der Waals surface area contributed by atoms with E-state index in [-0.39, 0.29) is 38.6 Å². The molecule has 0 aromatic carbocycles. The summed E-state index contributed by atoms with van der Waals surface area (Å²) in [5.74, 6) is -0.799. The second-order valence-corrected chi connectivity index (χ2v) is 32.2. The van der Waals surface area contributed by atoms with Gasteiger partial charge in [0.1, 0.15) is 6.61 Å². The highest BCUT2D eigenvalue weighted by Crippen LogP contribution is 2.43. The number of carbonyl (C=O) groups excluding carboxylic acids is 2. The zero-order valence-electron chi connectivity index (χ0n) is 68.6. The monoisotopic (exact) mass is 1460 g/mol. The van der Waals surface area contributed by atoms with Gasteiger partial charge in [0.05, 0.1) is 13.2 Å². The van der Waals surface area contributed by atoms with Gasteiger partial charge in [-0.05, 0) is 83.5 Å². The van der Waals surface area contributed by atoms with Gasteiger partial charge in [-0.2, -0.15) is 0 Å². The van der Waals surface area contributed by atoms with Crippen LogP contribution in [0.5, 0.6) is 0 Å². The first-order valence-corrected chi connectivity index (χ1v) is 46.9. The Morgan fingerprint density at radius 2 is 0.534 bits per heavy atom. The Hall–Kier alpha value is -2.55. The van der Waals surface area contributed by atoms with Gasteiger partial charge < -0.3 is 20.1 Å². The van der Waals surface area contributed by atoms with Crippen molar-refractivity contribution in [1.29, 1.82) is 0 Å². The number of hydrogen-bond donors (Lipinski definition) is 2. The van der Waals surface area contributed by atoms with E-state index in [2.05, 4.69) is 86.8 Å². The molecule has 604 valence electrons. The summed E-state index contributed by atoms with van der Waals surface area (Å²) < 4.78 is 33.4. The molecule has 0 heterocycles. The number of nitrogens with two attached hydrogens (primary N) is 1. The summed E-state index contributed by atoms with van der Waals surface area (Å²) in [7, 11) is -4.40. The molecule has 2 unspecified atom stereocenters. The number of carbonyl (C=O) groups is 2. The Morgan fingerprint density at radius 1 is 0.301 bits per heavy atom. The van der Waals surface area contributed by atoms with E-state index in [0.717, 1.165) is 64.2 Å². The largest absolute Gasteiger partial charge is 0.472 e. The molecule has 0 aromatic heterocycles. The summed E-state index contributed by atoms with van der Waals surface area (Å²) in [6, 6.07) is 0. The van der Waals surface area contributed by atoms with Crippen molar-refractivity contribution in [1.82, 2.24) is 0 Å². The molecule has 0 rings (SSSR count). The van der Waals surface area contributed by atoms with Crippen LogP contribution in [0.15, 0.2) is 72.9 Å². The summed E-state index contributed by atoms with van der Waals surface area (Å²) in [6.45, 7) is 3.71. The van der Waals surface area contributed by atoms with Gasteiger partial charge in [-0.25, -0.2) is 4.57 Å². The van der Waals surface area contributed by atoms with E-state index >= 15 is 0 Å². The quantitative estimate of drug-likeness (QED) is 0.0264. The number of hydrogen-bond acceptors (Lipinski definition) is 8. The number of ether oxygens (including phenoxy) is 2. The fourth-order valence-electron chi connectivity index (χ4n) is 13.9. The van der Waals surface area contributed by atoms with Crippen molar-refractivity contribution < 1.29 is 37.6 Å². The Morgan fingerprint density at radius 3 is 0.796 bits per heavy atom. The number of unbranched alkanes of at least 4 members (excludes halogenated alkanes) is 62. The summed E-state index contributed by atoms with van der Waals surface area (Å²) >= 11 is 0. The maximum Gasteiger partial charge on any atom is 0.472 e. The highest BCUT2D eigenvalue weighted by Gasteiger charge is 2.26. The third-order valence-electron chi connectivity index (χ3n) is 20.6. The highest BCUT2D eigenvalue weighted by atomic mass is 31.2. The van der Waals surface area contributed by atoms with Crippen LogP contribution in [-0.2, 0) is 32.7 Å². The van der Waals surface area contributed by atoms with Crippen LogP contribution in [-0.4, -0.2) is 49.3 Å². The predicted molar refractivity (Wildman–Crippen MR) is 450 cm³/mol. The van der Waals surface area contributed by atoms with Crippen LogP contribution in [0.2, 0.25) is 0 Å². The van der Waals surface area contributed by atoms with Gasteiger partial charge in [0.2, 0.25) is 0 Å². The van der Waals surface area contributed by atoms with E-state index in [4.69, 9.17) is 24.3 Å². The normalized spacial score (nSPS) is 13.1. The molecule has 0 aliphatic heterocycles. The zero-order chi connectivity index (χ0) is 74.3. The summed E-state index contributed by atoms with van der Waals surface area (Å²) in [5, 5.41) is 0. The lowest BCUT2D eigenvalue weighted by Gasteiger charge is -2.19. The molecule has 0 aromatic rings. The molecule has 103 heavy (non-hydrogen) atoms. The number of rotatable bonds is 87. The summed E-state index contributed by atoms with van der Waals surface area (Å²) in [5.41, 5.74) is 5.43. The Balaban J connectivity index is 3.69. The van der Waals surface area contributed by atoms with Crippen LogP contribution in [0.4, 0.5) is 0 Å². The van der Waals surface area contributed by atoms with Crippen molar-refractivity contribution in [3.8, 4) is 0 Å². The second-order valence-electron chi connectivity index (χ2n) is 30.8. The molecule has 10 heteroatoms. The second kappa shape index (κ2) is 88.4. The summed E-state index contributed by atoms with van der Waals surface area (Å²) in [6.07, 6.45) is 120. The van der Waals surface area contributed by atoms with Gasteiger partial charge in [-0.1, -0.05) is 453 Å². The molecule has 9 nitrogen and oxygen atoms in total. The third kappa shape index (κ3) is 88.2. The standard InChI is InChI=1S/C93H174NO8P/c1-3-5-7-9-11-13-15-17-19-21-23-25-27-29-31-33-35-37-39-41-43-45-47-49-51-53-55-57-59-61-63-65-67-69-71-73-75-77-79-81-83-85-92(95)99-89-91(90-101-103(97,98)100-88-87-94)102-93(96)86-84-82-80-78-76-74-72-70-68-66-64-62-60-58-56-54-52-50-48-46-44-42-40-38-36-34-32-30-28-26-24-22-20-18-16-14-12-10-8-6-4-2/h6,8,12,14-15,17-18,20-21,23-24,26,91H,3-5,7,9-11,13,16,19,22,25,27-90,94H2,1-2H3,(H,97,98)/b8-6-,14-12-,17-15-,20-18-,23-21-,26-24-. The lowest BCUT2D eigenvalue weighted by atomic mass is 10.0. The first-order valence-electron chi connectivity index (χ1n) is 45.4. The number of phosphoric acid groups is 1. The van der Waals surface area contributed by atoms with Crippen molar-refractivity contribution in [2.24, 2.45) is 5.73 Å². The number of allylic oxidation sites excluding steroid dienone is 12. The average molecular weight is 1470 g/mol. The molecule has 0 bridgehead atoms. The van der Waals surface area contributed by atoms with E-state index in [0.29, 0.717) is 6.42 Å². The molecule has 0 aliphatic rings. The fourth-order valence-corrected chi connectivity index (χ4v) is 14.7. The summed E-state index contributed by atoms with van der Waals surface area (Å²) in [4.78, 5) is 35.6. The molecule has 0 spiro atoms. The molecular formula is C93H174NO8P. The van der Waals surface area contributed by atoms with Crippen LogP contribution < -0.4 is 5.73 Å². The Labute approximate surface area is 641 Å². The van der Waals surface area contributed by atoms with Gasteiger partial charge in [-0.15, -0.1) is 0 Å². The lowest BCUT2D eigenvalue weighted by molar-refractivity contribution is -0.161. The molecule has 0 saturated heterocycles. The van der Waals surface area contributed by atoms with Crippen molar-refractivity contribution in [3.63, 3.8) is 0 Å². The fraction of sp³-hybridized carbons (Fsp3) is 0.849. The molecular weight excluding hydrogens is 1290 g/mol. The topological polar surface area (TPSA) is 134 Å². The Bertz CT molecular complexity index is 1930. The minimum absolute atomic E-state index is 0.0561. The van der Waals surface area contributed by atoms with Crippen LogP contribution in [0.25, 0.3) is 0 Å². The first-order chi connectivity index (χ1) is 50.8. The highest BCUT2D eigenvalue weighted by molar-refractivity contribution is 7.47. The lowest BCUT2D eigenvalue weighted by Crippen LogP contribution is -2.29. The predicted octanol–water partition coefficient (Wildman–Crippen LogP) is 31.0. The van der Waals surface area contributed by atoms with E-state index in [9.17, 15) is 19.0 Å². The maximum atomic E-state index is 12.8. The SMILES string of the molecule is CC/C=C\C/C=C\C/C=C\C/C=C\CCCCCCCCCCCCCCCCCCCCCCCCCCCCCCC(=O)OC(COC(=O)CCCCCCCCCCCCCCCCCCCCCCCCCCCCCCC/C=C\C/C=C\CCCCCCC)COP(=O)(O)OCCN. The minimum Gasteiger partial charge on any atom is -0.462 e. The molecule has 0 saturated carbocycles. The number of esters is 2. The third-order valence-corrected chi connectivity index (χ3v) is 21.6. The van der Waals surface area contributed by atoms with Crippen LogP contribution >= 0.6 is 7.82 Å². The van der Waals surface area contributed by atoms with E-state index in [1.54, 1.807) is 0 Å². The number of phosphoric ester groups is 1. The van der Waals surface area contributed by atoms with Crippen molar-refractivity contribution in [2.45, 2.75) is 482 Å². The Kier molecular flexibility index (Phi) is 86.2. The van der Waals surface area contributed by atoms with E-state index in [1.807, 2.05) is 0 Å². The minimum atomic E-state index is -4.40. The van der Waals surface area contributed by atoms with Crippen molar-refractivity contribution >= 4 is 19.8 Å². The average Bonchev–Trinajstić information content (AvgIpc) is 0.970. The molecule has 0 amide bonds. The van der Waals surface area contributed by atoms with E-state index < -0.39 is 26.5 Å². The van der Waals surface area contributed by atoms with Gasteiger partial charge in [0.15, 0.2) is 6.10 Å². The molecule has 2 atom stereocenters. The molecule has 3 N–H and O–H groups in total. The first kappa shape index (κ1) is 100. The maximum absolute atomic E-state index is 12.8. The van der Waals surface area contributed by atoms with Crippen LogP contribution in [0.3, 0.4) is 0 Å². The van der Waals surface area contributed by atoms with Gasteiger partial charge >= 0.3 is 19.8 Å². The van der Waals surface area contributed by atoms with Gasteiger partial charge in [0.25, 0.3) is 0 Å². The van der Waals surface area contributed by atoms with Crippen molar-refractivity contribution in [2.75, 3.05) is 26.4 Å². The van der Waals surface area contributed by atoms with Gasteiger partial charge in [0, 0.05) is 19.4 Å². The van der Waals surface area contributed by atoms with E-state index in [1.165, 1.54) is 379 Å². The van der Waals surface area contributed by atoms with Gasteiger partial charge in [-0.3, -0.25) is 18.6 Å². The zero-order valence-corrected chi connectivity index (χ0v) is 69.5. The van der Waals surface area contributed by atoms with Crippen molar-refractivity contribution in [3.05, 3.63) is 72.9 Å². The molecule has 0 aliphatic carbocycles. The molecule has 0 fully saturated rings. The van der Waals surface area contributed by atoms with Crippen LogP contribution in [0.1, 0.15) is 476 Å².